The summed E-state index contributed by atoms with van der Waals surface area (Å²) >= 11 is 1.39. The first-order chi connectivity index (χ1) is 11.2. The minimum absolute atomic E-state index is 0.149. The van der Waals surface area contributed by atoms with Gasteiger partial charge in [-0.1, -0.05) is 30.3 Å². The molecule has 2 aromatic carbocycles. The molecule has 116 valence electrons. The first-order valence-corrected chi connectivity index (χ1v) is 8.03. The van der Waals surface area contributed by atoms with Crippen LogP contribution in [0.15, 0.2) is 53.9 Å². The van der Waals surface area contributed by atoms with Crippen molar-refractivity contribution in [2.45, 2.75) is 6.92 Å². The van der Waals surface area contributed by atoms with Crippen molar-refractivity contribution in [2.24, 2.45) is 0 Å². The van der Waals surface area contributed by atoms with E-state index >= 15 is 0 Å². The Bertz CT molecular complexity index is 842. The van der Waals surface area contributed by atoms with Crippen LogP contribution in [0.4, 0.5) is 5.13 Å². The maximum Gasteiger partial charge on any atom is 0.257 e. The van der Waals surface area contributed by atoms with Crippen molar-refractivity contribution in [3.8, 4) is 17.0 Å². The number of para-hydroxylation sites is 1. The number of hydrogen-bond acceptors (Lipinski definition) is 4. The van der Waals surface area contributed by atoms with Gasteiger partial charge in [-0.2, -0.15) is 0 Å². The molecule has 3 aromatic rings. The van der Waals surface area contributed by atoms with Crippen molar-refractivity contribution in [1.82, 2.24) is 4.98 Å². The molecule has 1 N–H and O–H groups in total. The first-order valence-electron chi connectivity index (χ1n) is 7.15. The van der Waals surface area contributed by atoms with Crippen LogP contribution in [0.3, 0.4) is 0 Å². The Morgan fingerprint density at radius 3 is 2.65 bits per heavy atom. The van der Waals surface area contributed by atoms with E-state index in [4.69, 9.17) is 4.74 Å². The van der Waals surface area contributed by atoms with E-state index in [0.717, 1.165) is 22.6 Å². The number of rotatable bonds is 4. The summed E-state index contributed by atoms with van der Waals surface area (Å²) in [6.07, 6.45) is 0. The average molecular weight is 324 g/mol. The number of thiazole rings is 1. The quantitative estimate of drug-likeness (QED) is 0.775. The van der Waals surface area contributed by atoms with Gasteiger partial charge in [-0.05, 0) is 30.7 Å². The average Bonchev–Trinajstić information content (AvgIpc) is 3.03. The Morgan fingerprint density at radius 2 is 1.87 bits per heavy atom. The molecule has 1 aromatic heterocycles. The fourth-order valence-electron chi connectivity index (χ4n) is 2.30. The molecule has 3 rings (SSSR count). The van der Waals surface area contributed by atoms with Crippen LogP contribution in [0.1, 0.15) is 15.9 Å². The van der Waals surface area contributed by atoms with Gasteiger partial charge in [0.2, 0.25) is 0 Å². The highest BCUT2D eigenvalue weighted by Crippen LogP contribution is 2.32. The second kappa shape index (κ2) is 6.62. The Labute approximate surface area is 138 Å². The van der Waals surface area contributed by atoms with Gasteiger partial charge in [0.05, 0.1) is 12.8 Å². The number of hydrogen-bond donors (Lipinski definition) is 1. The van der Waals surface area contributed by atoms with E-state index in [1.807, 2.05) is 54.8 Å². The van der Waals surface area contributed by atoms with Crippen LogP contribution in [0.5, 0.6) is 5.75 Å². The Balaban J connectivity index is 1.83. The third-order valence-electron chi connectivity index (χ3n) is 3.50. The molecule has 1 amide bonds. The lowest BCUT2D eigenvalue weighted by atomic mass is 10.1. The number of carbonyl (C=O) groups is 1. The van der Waals surface area contributed by atoms with Gasteiger partial charge >= 0.3 is 0 Å². The zero-order valence-electron chi connectivity index (χ0n) is 12.9. The molecule has 0 saturated carbocycles. The molecule has 4 nitrogen and oxygen atoms in total. The lowest BCUT2D eigenvalue weighted by Gasteiger charge is -2.06. The van der Waals surface area contributed by atoms with Crippen LogP contribution < -0.4 is 10.1 Å². The summed E-state index contributed by atoms with van der Waals surface area (Å²) in [6.45, 7) is 1.91. The van der Waals surface area contributed by atoms with Crippen LogP contribution >= 0.6 is 11.3 Å². The number of nitrogens with zero attached hydrogens (tertiary/aromatic N) is 1. The van der Waals surface area contributed by atoms with Crippen LogP contribution in [0.25, 0.3) is 11.3 Å². The number of carbonyl (C=O) groups excluding carboxylic acids is 1. The molecule has 1 heterocycles. The highest BCUT2D eigenvalue weighted by atomic mass is 32.1. The molecule has 0 atom stereocenters. The minimum atomic E-state index is -0.149. The summed E-state index contributed by atoms with van der Waals surface area (Å²) in [4.78, 5) is 16.8. The van der Waals surface area contributed by atoms with Crippen LogP contribution in [-0.4, -0.2) is 18.0 Å². The standard InChI is InChI=1S/C18H16N2O2S/c1-12-7-3-4-8-13(12)17(21)20-18-19-15(11-23-18)14-9-5-6-10-16(14)22-2/h3-11H,1-2H3,(H,19,20,21). The zero-order valence-corrected chi connectivity index (χ0v) is 13.7. The lowest BCUT2D eigenvalue weighted by Crippen LogP contribution is -2.12. The SMILES string of the molecule is COc1ccccc1-c1csc(NC(=O)c2ccccc2C)n1. The van der Waals surface area contributed by atoms with Crippen LogP contribution in [0, 0.1) is 6.92 Å². The number of benzene rings is 2. The van der Waals surface area contributed by atoms with Crippen molar-refractivity contribution >= 4 is 22.4 Å². The third-order valence-corrected chi connectivity index (χ3v) is 4.25. The van der Waals surface area contributed by atoms with E-state index in [1.165, 1.54) is 11.3 Å². The lowest BCUT2D eigenvalue weighted by molar-refractivity contribution is 0.102. The smallest absolute Gasteiger partial charge is 0.257 e. The molecular weight excluding hydrogens is 308 g/mol. The van der Waals surface area contributed by atoms with Crippen molar-refractivity contribution < 1.29 is 9.53 Å². The maximum atomic E-state index is 12.3. The summed E-state index contributed by atoms with van der Waals surface area (Å²) < 4.78 is 5.35. The summed E-state index contributed by atoms with van der Waals surface area (Å²) in [6, 6.07) is 15.2. The number of anilines is 1. The molecule has 0 unspecified atom stereocenters. The number of aromatic nitrogens is 1. The Morgan fingerprint density at radius 1 is 1.13 bits per heavy atom. The topological polar surface area (TPSA) is 51.2 Å². The maximum absolute atomic E-state index is 12.3. The highest BCUT2D eigenvalue weighted by molar-refractivity contribution is 7.14. The molecule has 0 fully saturated rings. The Kier molecular flexibility index (Phi) is 4.39. The predicted molar refractivity (Wildman–Crippen MR) is 93.2 cm³/mol. The highest BCUT2D eigenvalue weighted by Gasteiger charge is 2.13. The summed E-state index contributed by atoms with van der Waals surface area (Å²) in [5.74, 6) is 0.610. The summed E-state index contributed by atoms with van der Waals surface area (Å²) in [5.41, 5.74) is 3.28. The van der Waals surface area contributed by atoms with E-state index in [2.05, 4.69) is 10.3 Å². The fourth-order valence-corrected chi connectivity index (χ4v) is 3.01. The molecule has 0 aliphatic carbocycles. The molecule has 23 heavy (non-hydrogen) atoms. The van der Waals surface area contributed by atoms with E-state index in [0.29, 0.717) is 10.7 Å². The monoisotopic (exact) mass is 324 g/mol. The van der Waals surface area contributed by atoms with E-state index in [9.17, 15) is 4.79 Å². The summed E-state index contributed by atoms with van der Waals surface area (Å²) in [5, 5.41) is 5.33. The molecular formula is C18H16N2O2S. The number of amides is 1. The molecule has 0 bridgehead atoms. The molecule has 0 aliphatic rings. The van der Waals surface area contributed by atoms with Gasteiger partial charge in [0, 0.05) is 16.5 Å². The normalized spacial score (nSPS) is 10.3. The second-order valence-electron chi connectivity index (χ2n) is 5.01. The predicted octanol–water partition coefficient (Wildman–Crippen LogP) is 4.38. The van der Waals surface area contributed by atoms with Crippen molar-refractivity contribution in [2.75, 3.05) is 12.4 Å². The first kappa shape index (κ1) is 15.2. The van der Waals surface area contributed by atoms with Gasteiger partial charge in [0.1, 0.15) is 5.75 Å². The van der Waals surface area contributed by atoms with Gasteiger partial charge in [0.15, 0.2) is 5.13 Å². The molecule has 0 radical (unpaired) electrons. The van der Waals surface area contributed by atoms with Crippen LogP contribution in [-0.2, 0) is 0 Å². The molecule has 0 aliphatic heterocycles. The van der Waals surface area contributed by atoms with Gasteiger partial charge in [-0.3, -0.25) is 10.1 Å². The van der Waals surface area contributed by atoms with E-state index < -0.39 is 0 Å². The van der Waals surface area contributed by atoms with E-state index in [-0.39, 0.29) is 5.91 Å². The number of nitrogens with one attached hydrogen (secondary N) is 1. The number of methoxy groups -OCH3 is 1. The molecule has 5 heteroatoms. The van der Waals surface area contributed by atoms with E-state index in [1.54, 1.807) is 13.2 Å². The van der Waals surface area contributed by atoms with Gasteiger partial charge < -0.3 is 4.74 Å². The summed E-state index contributed by atoms with van der Waals surface area (Å²) in [7, 11) is 1.63. The van der Waals surface area contributed by atoms with Gasteiger partial charge in [0.25, 0.3) is 5.91 Å². The Hall–Kier alpha value is -2.66. The third kappa shape index (κ3) is 3.24. The van der Waals surface area contributed by atoms with Crippen molar-refractivity contribution in [3.63, 3.8) is 0 Å². The van der Waals surface area contributed by atoms with Crippen LogP contribution in [0.2, 0.25) is 0 Å². The molecule has 0 saturated heterocycles. The fraction of sp³-hybridized carbons (Fsp3) is 0.111. The van der Waals surface area contributed by atoms with Gasteiger partial charge in [-0.25, -0.2) is 4.98 Å². The largest absolute Gasteiger partial charge is 0.496 e. The number of aryl methyl sites for hydroxylation is 1. The van der Waals surface area contributed by atoms with Gasteiger partial charge in [-0.15, -0.1) is 11.3 Å². The minimum Gasteiger partial charge on any atom is -0.496 e. The molecule has 0 spiro atoms. The van der Waals surface area contributed by atoms with Crippen molar-refractivity contribution in [3.05, 3.63) is 65.0 Å². The van der Waals surface area contributed by atoms with Crippen molar-refractivity contribution in [1.29, 1.82) is 0 Å². The number of ether oxygens (including phenoxy) is 1. The zero-order chi connectivity index (χ0) is 16.2. The second-order valence-corrected chi connectivity index (χ2v) is 5.87.